The van der Waals surface area contributed by atoms with Gasteiger partial charge in [0.2, 0.25) is 21.8 Å². The van der Waals surface area contributed by atoms with Crippen LogP contribution in [0.5, 0.6) is 0 Å². The van der Waals surface area contributed by atoms with E-state index in [1.807, 2.05) is 17.0 Å². The summed E-state index contributed by atoms with van der Waals surface area (Å²) in [4.78, 5) is 28.4. The highest BCUT2D eigenvalue weighted by Gasteiger charge is 2.39. The first-order valence-corrected chi connectivity index (χ1v) is 16.5. The number of amides is 2. The quantitative estimate of drug-likeness (QED) is 0.338. The molecule has 1 heterocycles. The summed E-state index contributed by atoms with van der Waals surface area (Å²) in [6.07, 6.45) is 8.24. The molecule has 2 amide bonds. The molecule has 2 aromatic carbocycles. The maximum absolute atomic E-state index is 14.0. The van der Waals surface area contributed by atoms with Gasteiger partial charge >= 0.3 is 0 Å². The van der Waals surface area contributed by atoms with Gasteiger partial charge in [-0.25, -0.2) is 8.42 Å². The Bertz CT molecular complexity index is 1220. The Morgan fingerprint density at radius 3 is 2.42 bits per heavy atom. The van der Waals surface area contributed by atoms with Crippen LogP contribution in [0.15, 0.2) is 59.5 Å². The number of hydrogen-bond acceptors (Lipinski definition) is 4. The van der Waals surface area contributed by atoms with Gasteiger partial charge < -0.3 is 10.2 Å². The molecule has 2 aromatic rings. The summed E-state index contributed by atoms with van der Waals surface area (Å²) in [5.74, 6) is -0.224. The van der Waals surface area contributed by atoms with Gasteiger partial charge in [-0.1, -0.05) is 74.5 Å². The number of carbonyl (C=O) groups is 2. The Hall–Kier alpha value is -2.42. The van der Waals surface area contributed by atoms with Crippen molar-refractivity contribution in [2.75, 3.05) is 13.1 Å². The monoisotopic (exact) mass is 587 g/mol. The lowest BCUT2D eigenvalue weighted by molar-refractivity contribution is -0.136. The first kappa shape index (κ1) is 30.5. The largest absolute Gasteiger partial charge is 0.351 e. The van der Waals surface area contributed by atoms with Gasteiger partial charge in [0.05, 0.1) is 10.8 Å². The van der Waals surface area contributed by atoms with Gasteiger partial charge in [0.1, 0.15) is 0 Å². The van der Waals surface area contributed by atoms with Gasteiger partial charge in [0, 0.05) is 43.2 Å². The van der Waals surface area contributed by atoms with Crippen LogP contribution in [0, 0.1) is 5.92 Å². The smallest absolute Gasteiger partial charge is 0.243 e. The standard InChI is InChI=1S/C31H42ClN3O4S/c1-2-3-5-16-30(36)34-21-10-11-25(23-34)31(37)33-28-14-8-9-15-29(28)35(22-24-17-19-26(32)20-18-24)40(38,39)27-12-6-4-7-13-27/h4,6-7,12-13,17-20,25,28-29H,2-3,5,8-11,14-16,21-23H2,1H3,(H,33,37)/t25?,28?,29-/m1/s1. The number of hydrogen-bond donors (Lipinski definition) is 1. The molecule has 40 heavy (non-hydrogen) atoms. The zero-order chi connectivity index (χ0) is 28.5. The molecule has 1 N–H and O–H groups in total. The molecular weight excluding hydrogens is 546 g/mol. The van der Waals surface area contributed by atoms with Gasteiger partial charge in [0.25, 0.3) is 0 Å². The van der Waals surface area contributed by atoms with Crippen molar-refractivity contribution in [2.24, 2.45) is 5.92 Å². The lowest BCUT2D eigenvalue weighted by Crippen LogP contribution is -2.56. The summed E-state index contributed by atoms with van der Waals surface area (Å²) in [6, 6.07) is 15.0. The van der Waals surface area contributed by atoms with Crippen LogP contribution in [0.4, 0.5) is 0 Å². The van der Waals surface area contributed by atoms with Crippen LogP contribution < -0.4 is 5.32 Å². The van der Waals surface area contributed by atoms with Crippen molar-refractivity contribution in [3.05, 3.63) is 65.2 Å². The van der Waals surface area contributed by atoms with Crippen molar-refractivity contribution in [3.63, 3.8) is 0 Å². The molecule has 0 bridgehead atoms. The summed E-state index contributed by atoms with van der Waals surface area (Å²) >= 11 is 6.09. The Balaban J connectivity index is 1.52. The highest BCUT2D eigenvalue weighted by atomic mass is 35.5. The first-order chi connectivity index (χ1) is 19.3. The maximum atomic E-state index is 14.0. The number of rotatable bonds is 11. The fraction of sp³-hybridized carbons (Fsp3) is 0.548. The number of halogens is 1. The molecule has 2 unspecified atom stereocenters. The number of likely N-dealkylation sites (tertiary alicyclic amines) is 1. The summed E-state index contributed by atoms with van der Waals surface area (Å²) in [7, 11) is -3.84. The fourth-order valence-corrected chi connectivity index (χ4v) is 7.73. The van der Waals surface area contributed by atoms with Crippen molar-refractivity contribution in [1.29, 1.82) is 0 Å². The maximum Gasteiger partial charge on any atom is 0.243 e. The van der Waals surface area contributed by atoms with E-state index in [0.29, 0.717) is 37.4 Å². The summed E-state index contributed by atoms with van der Waals surface area (Å²) in [5, 5.41) is 3.84. The van der Waals surface area contributed by atoms with Gasteiger partial charge in [0.15, 0.2) is 0 Å². The molecule has 2 fully saturated rings. The molecule has 0 spiro atoms. The van der Waals surface area contributed by atoms with E-state index in [9.17, 15) is 18.0 Å². The van der Waals surface area contributed by atoms with E-state index in [1.54, 1.807) is 46.8 Å². The van der Waals surface area contributed by atoms with Crippen molar-refractivity contribution in [1.82, 2.24) is 14.5 Å². The van der Waals surface area contributed by atoms with E-state index in [4.69, 9.17) is 11.6 Å². The van der Waals surface area contributed by atoms with Crippen LogP contribution >= 0.6 is 11.6 Å². The van der Waals surface area contributed by atoms with Crippen LogP contribution in [0.1, 0.15) is 76.7 Å². The van der Waals surface area contributed by atoms with Crippen LogP contribution in [0.25, 0.3) is 0 Å². The number of carbonyl (C=O) groups excluding carboxylic acids is 2. The van der Waals surface area contributed by atoms with Gasteiger partial charge in [-0.15, -0.1) is 0 Å². The normalized spacial score (nSPS) is 21.8. The van der Waals surface area contributed by atoms with E-state index in [0.717, 1.165) is 50.5 Å². The SMILES string of the molecule is CCCCCC(=O)N1CCCC(C(=O)NC2CCCC[C@H]2N(Cc2ccc(Cl)cc2)S(=O)(=O)c2ccccc2)C1. The van der Waals surface area contributed by atoms with Crippen molar-refractivity contribution in [3.8, 4) is 0 Å². The number of nitrogens with one attached hydrogen (secondary N) is 1. The summed E-state index contributed by atoms with van der Waals surface area (Å²) < 4.78 is 29.6. The molecule has 4 rings (SSSR count). The lowest BCUT2D eigenvalue weighted by Gasteiger charge is -2.40. The second-order valence-electron chi connectivity index (χ2n) is 11.1. The predicted octanol–water partition coefficient (Wildman–Crippen LogP) is 5.78. The third-order valence-corrected chi connectivity index (χ3v) is 10.3. The van der Waals surface area contributed by atoms with Gasteiger partial charge in [-0.3, -0.25) is 9.59 Å². The second-order valence-corrected chi connectivity index (χ2v) is 13.4. The zero-order valence-electron chi connectivity index (χ0n) is 23.4. The van der Waals surface area contributed by atoms with Crippen LogP contribution in [-0.2, 0) is 26.2 Å². The number of piperidine rings is 1. The molecule has 1 saturated heterocycles. The Kier molecular flexibility index (Phi) is 11.0. The molecule has 7 nitrogen and oxygen atoms in total. The number of sulfonamides is 1. The fourth-order valence-electron chi connectivity index (χ4n) is 5.91. The molecule has 0 aromatic heterocycles. The molecule has 1 aliphatic carbocycles. The third-order valence-electron chi connectivity index (χ3n) is 8.17. The zero-order valence-corrected chi connectivity index (χ0v) is 25.0. The van der Waals surface area contributed by atoms with E-state index < -0.39 is 10.0 Å². The molecule has 0 radical (unpaired) electrons. The average molecular weight is 588 g/mol. The molecular formula is C31H42ClN3O4S. The third kappa shape index (κ3) is 7.86. The van der Waals surface area contributed by atoms with E-state index in [-0.39, 0.29) is 41.3 Å². The Labute approximate surface area is 244 Å². The van der Waals surface area contributed by atoms with E-state index >= 15 is 0 Å². The minimum atomic E-state index is -3.84. The summed E-state index contributed by atoms with van der Waals surface area (Å²) in [6.45, 7) is 3.44. The van der Waals surface area contributed by atoms with E-state index in [1.165, 1.54) is 0 Å². The van der Waals surface area contributed by atoms with Gasteiger partial charge in [-0.2, -0.15) is 4.31 Å². The minimum absolute atomic E-state index is 0.0773. The topological polar surface area (TPSA) is 86.8 Å². The first-order valence-electron chi connectivity index (χ1n) is 14.7. The van der Waals surface area contributed by atoms with E-state index in [2.05, 4.69) is 12.2 Å². The molecule has 218 valence electrons. The molecule has 2 aliphatic rings. The van der Waals surface area contributed by atoms with Crippen LogP contribution in [0.3, 0.4) is 0 Å². The van der Waals surface area contributed by atoms with Crippen LogP contribution in [0.2, 0.25) is 5.02 Å². The minimum Gasteiger partial charge on any atom is -0.351 e. The number of unbranched alkanes of at least 4 members (excludes halogenated alkanes) is 2. The van der Waals surface area contributed by atoms with Gasteiger partial charge in [-0.05, 0) is 61.9 Å². The molecule has 9 heteroatoms. The Morgan fingerprint density at radius 1 is 0.975 bits per heavy atom. The van der Waals surface area contributed by atoms with Crippen molar-refractivity contribution in [2.45, 2.75) is 94.7 Å². The molecule has 3 atom stereocenters. The Morgan fingerprint density at radius 2 is 1.70 bits per heavy atom. The number of benzene rings is 2. The average Bonchev–Trinajstić information content (AvgIpc) is 2.98. The second kappa shape index (κ2) is 14.5. The van der Waals surface area contributed by atoms with Crippen molar-refractivity contribution >= 4 is 33.4 Å². The highest BCUT2D eigenvalue weighted by Crippen LogP contribution is 2.31. The molecule has 1 aliphatic heterocycles. The predicted molar refractivity (Wildman–Crippen MR) is 158 cm³/mol. The highest BCUT2D eigenvalue weighted by molar-refractivity contribution is 7.89. The molecule has 1 saturated carbocycles. The van der Waals surface area contributed by atoms with Crippen molar-refractivity contribution < 1.29 is 18.0 Å². The summed E-state index contributed by atoms with van der Waals surface area (Å²) in [5.41, 5.74) is 0.837. The van der Waals surface area contributed by atoms with Crippen LogP contribution in [-0.4, -0.2) is 54.6 Å². The lowest BCUT2D eigenvalue weighted by atomic mass is 9.88. The number of nitrogens with zero attached hydrogens (tertiary/aromatic N) is 2.